The van der Waals surface area contributed by atoms with Crippen LogP contribution < -0.4 is 0 Å². The molecule has 3 nitrogen and oxygen atoms in total. The lowest BCUT2D eigenvalue weighted by atomic mass is 10.1. The molecule has 0 saturated carbocycles. The Balaban J connectivity index is 2.38. The van der Waals surface area contributed by atoms with Crippen molar-refractivity contribution in [1.29, 1.82) is 0 Å². The summed E-state index contributed by atoms with van der Waals surface area (Å²) in [6.07, 6.45) is 6.30. The van der Waals surface area contributed by atoms with Crippen LogP contribution in [0.5, 0.6) is 0 Å². The van der Waals surface area contributed by atoms with Crippen molar-refractivity contribution in [2.45, 2.75) is 5.16 Å². The summed E-state index contributed by atoms with van der Waals surface area (Å²) in [7, 11) is 0. The van der Waals surface area contributed by atoms with Crippen molar-refractivity contribution in [3.63, 3.8) is 0 Å². The van der Waals surface area contributed by atoms with E-state index in [9.17, 15) is 4.79 Å². The number of benzene rings is 1. The van der Waals surface area contributed by atoms with Crippen LogP contribution in [-0.4, -0.2) is 22.5 Å². The quantitative estimate of drug-likeness (QED) is 0.462. The van der Waals surface area contributed by atoms with Crippen molar-refractivity contribution in [2.24, 2.45) is 0 Å². The lowest BCUT2D eigenvalue weighted by Crippen LogP contribution is -1.88. The maximum atomic E-state index is 10.7. The van der Waals surface area contributed by atoms with Crippen LogP contribution in [0.25, 0.3) is 11.1 Å². The molecule has 0 radical (unpaired) electrons. The molecular formula is C12H10N2OS. The minimum absolute atomic E-state index is 0.659. The SMILES string of the molecule is CSc1ncc(-c2cccc(C=O)c2)cn1. The van der Waals surface area contributed by atoms with E-state index in [-0.39, 0.29) is 0 Å². The second-order valence-corrected chi connectivity index (χ2v) is 3.98. The Hall–Kier alpha value is -1.68. The Kier molecular flexibility index (Phi) is 3.31. The molecule has 0 aliphatic rings. The molecule has 0 aliphatic heterocycles. The Morgan fingerprint density at radius 3 is 2.56 bits per heavy atom. The third-order valence-corrected chi connectivity index (χ3v) is 2.74. The molecular weight excluding hydrogens is 220 g/mol. The van der Waals surface area contributed by atoms with Gasteiger partial charge in [0.2, 0.25) is 0 Å². The first kappa shape index (κ1) is 10.8. The van der Waals surface area contributed by atoms with Crippen LogP contribution in [-0.2, 0) is 0 Å². The van der Waals surface area contributed by atoms with Crippen molar-refractivity contribution < 1.29 is 4.79 Å². The summed E-state index contributed by atoms with van der Waals surface area (Å²) in [4.78, 5) is 19.0. The Bertz CT molecular complexity index is 497. The predicted octanol–water partition coefficient (Wildman–Crippen LogP) is 2.68. The van der Waals surface area contributed by atoms with Crippen LogP contribution in [0.1, 0.15) is 10.4 Å². The zero-order valence-electron chi connectivity index (χ0n) is 8.75. The molecule has 1 aromatic carbocycles. The fourth-order valence-electron chi connectivity index (χ4n) is 1.36. The van der Waals surface area contributed by atoms with Crippen molar-refractivity contribution in [1.82, 2.24) is 9.97 Å². The highest BCUT2D eigenvalue weighted by atomic mass is 32.2. The van der Waals surface area contributed by atoms with Crippen LogP contribution in [0.3, 0.4) is 0 Å². The van der Waals surface area contributed by atoms with Gasteiger partial charge in [0.25, 0.3) is 0 Å². The monoisotopic (exact) mass is 230 g/mol. The van der Waals surface area contributed by atoms with Gasteiger partial charge in [0.15, 0.2) is 5.16 Å². The zero-order valence-corrected chi connectivity index (χ0v) is 9.57. The largest absolute Gasteiger partial charge is 0.298 e. The second-order valence-electron chi connectivity index (χ2n) is 3.20. The number of nitrogens with zero attached hydrogens (tertiary/aromatic N) is 2. The first-order chi connectivity index (χ1) is 7.83. The molecule has 16 heavy (non-hydrogen) atoms. The number of carbonyl (C=O) groups excluding carboxylic acids is 1. The van der Waals surface area contributed by atoms with Gasteiger partial charge in [-0.3, -0.25) is 4.79 Å². The molecule has 0 unspecified atom stereocenters. The highest BCUT2D eigenvalue weighted by molar-refractivity contribution is 7.98. The van der Waals surface area contributed by atoms with E-state index in [1.807, 2.05) is 24.5 Å². The predicted molar refractivity (Wildman–Crippen MR) is 64.6 cm³/mol. The van der Waals surface area contributed by atoms with Crippen molar-refractivity contribution in [3.8, 4) is 11.1 Å². The summed E-state index contributed by atoms with van der Waals surface area (Å²) < 4.78 is 0. The molecule has 0 spiro atoms. The van der Waals surface area contributed by atoms with Crippen LogP contribution in [0.4, 0.5) is 0 Å². The Morgan fingerprint density at radius 1 is 1.19 bits per heavy atom. The van der Waals surface area contributed by atoms with Crippen molar-refractivity contribution >= 4 is 18.0 Å². The third kappa shape index (κ3) is 2.28. The van der Waals surface area contributed by atoms with E-state index < -0.39 is 0 Å². The van der Waals surface area contributed by atoms with Gasteiger partial charge >= 0.3 is 0 Å². The maximum absolute atomic E-state index is 10.7. The van der Waals surface area contributed by atoms with Gasteiger partial charge in [0, 0.05) is 23.5 Å². The van der Waals surface area contributed by atoms with Crippen LogP contribution in [0.15, 0.2) is 41.8 Å². The fourth-order valence-corrected chi connectivity index (χ4v) is 1.68. The number of rotatable bonds is 3. The van der Waals surface area contributed by atoms with E-state index in [0.29, 0.717) is 5.56 Å². The molecule has 0 atom stereocenters. The van der Waals surface area contributed by atoms with Gasteiger partial charge in [0.1, 0.15) is 6.29 Å². The molecule has 0 aliphatic carbocycles. The van der Waals surface area contributed by atoms with Crippen LogP contribution in [0.2, 0.25) is 0 Å². The molecule has 0 amide bonds. The molecule has 80 valence electrons. The number of carbonyl (C=O) groups is 1. The molecule has 4 heteroatoms. The van der Waals surface area contributed by atoms with Crippen LogP contribution >= 0.6 is 11.8 Å². The number of aromatic nitrogens is 2. The minimum Gasteiger partial charge on any atom is -0.298 e. The summed E-state index contributed by atoms with van der Waals surface area (Å²) in [5.74, 6) is 0. The minimum atomic E-state index is 0.659. The number of hydrogen-bond donors (Lipinski definition) is 0. The first-order valence-electron chi connectivity index (χ1n) is 4.75. The fraction of sp³-hybridized carbons (Fsp3) is 0.0833. The summed E-state index contributed by atoms with van der Waals surface area (Å²) >= 11 is 1.50. The van der Waals surface area contributed by atoms with Gasteiger partial charge in [-0.15, -0.1) is 0 Å². The number of aldehydes is 1. The van der Waals surface area contributed by atoms with E-state index in [1.165, 1.54) is 11.8 Å². The van der Waals surface area contributed by atoms with E-state index in [4.69, 9.17) is 0 Å². The summed E-state index contributed by atoms with van der Waals surface area (Å²) in [5.41, 5.74) is 2.53. The molecule has 0 N–H and O–H groups in total. The zero-order chi connectivity index (χ0) is 11.4. The second kappa shape index (κ2) is 4.90. The van der Waals surface area contributed by atoms with E-state index in [2.05, 4.69) is 9.97 Å². The van der Waals surface area contributed by atoms with Gasteiger partial charge in [-0.25, -0.2) is 9.97 Å². The standard InChI is InChI=1S/C12H10N2OS/c1-16-12-13-6-11(7-14-12)10-4-2-3-9(5-10)8-15/h2-8H,1H3. The average molecular weight is 230 g/mol. The number of hydrogen-bond acceptors (Lipinski definition) is 4. The van der Waals surface area contributed by atoms with E-state index in [1.54, 1.807) is 18.5 Å². The Labute approximate surface area is 97.9 Å². The smallest absolute Gasteiger partial charge is 0.187 e. The molecule has 1 heterocycles. The van der Waals surface area contributed by atoms with Crippen molar-refractivity contribution in [2.75, 3.05) is 6.26 Å². The van der Waals surface area contributed by atoms with Crippen molar-refractivity contribution in [3.05, 3.63) is 42.2 Å². The molecule has 0 saturated heterocycles. The van der Waals surface area contributed by atoms with Gasteiger partial charge in [-0.2, -0.15) is 0 Å². The lowest BCUT2D eigenvalue weighted by Gasteiger charge is -2.01. The Morgan fingerprint density at radius 2 is 1.94 bits per heavy atom. The highest BCUT2D eigenvalue weighted by Crippen LogP contribution is 2.19. The highest BCUT2D eigenvalue weighted by Gasteiger charge is 2.00. The normalized spacial score (nSPS) is 10.1. The lowest BCUT2D eigenvalue weighted by molar-refractivity contribution is 0.112. The summed E-state index contributed by atoms with van der Waals surface area (Å²) in [5, 5.41) is 0.746. The first-order valence-corrected chi connectivity index (χ1v) is 5.97. The molecule has 0 bridgehead atoms. The third-order valence-electron chi connectivity index (χ3n) is 2.17. The van der Waals surface area contributed by atoms with E-state index >= 15 is 0 Å². The molecule has 1 aromatic heterocycles. The molecule has 0 fully saturated rings. The van der Waals surface area contributed by atoms with E-state index in [0.717, 1.165) is 22.6 Å². The van der Waals surface area contributed by atoms with Gasteiger partial charge in [0.05, 0.1) is 0 Å². The van der Waals surface area contributed by atoms with Gasteiger partial charge in [-0.05, 0) is 17.9 Å². The summed E-state index contributed by atoms with van der Waals surface area (Å²) in [6.45, 7) is 0. The van der Waals surface area contributed by atoms with Crippen LogP contribution in [0, 0.1) is 0 Å². The summed E-state index contributed by atoms with van der Waals surface area (Å²) in [6, 6.07) is 7.38. The topological polar surface area (TPSA) is 42.9 Å². The molecule has 2 rings (SSSR count). The maximum Gasteiger partial charge on any atom is 0.187 e. The number of thioether (sulfide) groups is 1. The van der Waals surface area contributed by atoms with Gasteiger partial charge in [-0.1, -0.05) is 30.0 Å². The average Bonchev–Trinajstić information content (AvgIpc) is 2.39. The molecule has 2 aromatic rings. The van der Waals surface area contributed by atoms with Gasteiger partial charge < -0.3 is 0 Å².